The van der Waals surface area contributed by atoms with E-state index in [2.05, 4.69) is 19.7 Å². The van der Waals surface area contributed by atoms with Gasteiger partial charge in [0.2, 0.25) is 0 Å². The van der Waals surface area contributed by atoms with E-state index < -0.39 is 17.9 Å². The van der Waals surface area contributed by atoms with Gasteiger partial charge in [-0.3, -0.25) is 0 Å². The number of aliphatic hydroxyl groups excluding tert-OH is 1. The molecule has 0 heterocycles. The number of carboxylic acids is 2. The zero-order valence-corrected chi connectivity index (χ0v) is 9.23. The minimum absolute atomic E-state index is 0.176. The Morgan fingerprint density at radius 3 is 0.812 bits per heavy atom. The molecule has 6 nitrogen and oxygen atoms in total. The maximum absolute atomic E-state index is 9.60. The van der Waals surface area contributed by atoms with Crippen LogP contribution in [0.5, 0.6) is 0 Å². The normalized spacial score (nSPS) is 7.12. The van der Waals surface area contributed by atoms with E-state index in [1.54, 1.807) is 0 Å². The monoisotopic (exact) mass is 232 g/mol. The Morgan fingerprint density at radius 1 is 0.750 bits per heavy atom. The Morgan fingerprint density at radius 2 is 0.812 bits per heavy atom. The van der Waals surface area contributed by atoms with Crippen LogP contribution in [-0.2, 0) is 9.59 Å². The molecule has 0 bridgehead atoms. The topological polar surface area (TPSA) is 115 Å². The third-order valence-corrected chi connectivity index (χ3v) is 0.730. The van der Waals surface area contributed by atoms with Gasteiger partial charge in [-0.25, -0.2) is 9.59 Å². The number of hydrogen-bond acceptors (Lipinski definition) is 4. The predicted molar refractivity (Wildman–Crippen MR) is 59.3 cm³/mol. The van der Waals surface area contributed by atoms with Gasteiger partial charge in [-0.1, -0.05) is 13.2 Å². The fourth-order valence-corrected chi connectivity index (χ4v) is 0. The first-order valence-electron chi connectivity index (χ1n) is 3.86. The average molecular weight is 232 g/mol. The molecule has 0 aromatic heterocycles. The van der Waals surface area contributed by atoms with Crippen LogP contribution in [0.3, 0.4) is 0 Å². The highest BCUT2D eigenvalue weighted by Gasteiger charge is 1.90. The summed E-state index contributed by atoms with van der Waals surface area (Å²) in [4.78, 5) is 19.2. The summed E-state index contributed by atoms with van der Waals surface area (Å²) in [5, 5.41) is 30.6. The lowest BCUT2D eigenvalue weighted by Crippen LogP contribution is -1.92. The molecule has 0 aliphatic carbocycles. The number of hydrogen-bond donors (Lipinski definition) is 4. The fourth-order valence-electron chi connectivity index (χ4n) is 0. The molecule has 0 aromatic carbocycles. The number of carboxylic acid groups (broad SMARTS) is 2. The Hall–Kier alpha value is -2.24. The van der Waals surface area contributed by atoms with Crippen molar-refractivity contribution in [2.75, 3.05) is 0 Å². The summed E-state index contributed by atoms with van der Waals surface area (Å²) in [7, 11) is 0. The van der Waals surface area contributed by atoms with Gasteiger partial charge in [-0.05, 0) is 20.4 Å². The molecule has 4 N–H and O–H groups in total. The molecule has 16 heavy (non-hydrogen) atoms. The van der Waals surface area contributed by atoms with E-state index in [4.69, 9.17) is 20.4 Å². The second-order valence-corrected chi connectivity index (χ2v) is 2.59. The van der Waals surface area contributed by atoms with Crippen molar-refractivity contribution in [2.45, 2.75) is 13.8 Å². The van der Waals surface area contributed by atoms with E-state index in [1.165, 1.54) is 13.8 Å². The minimum Gasteiger partial charge on any atom is -0.482 e. The van der Waals surface area contributed by atoms with Crippen LogP contribution in [-0.4, -0.2) is 32.4 Å². The second-order valence-electron chi connectivity index (χ2n) is 2.59. The van der Waals surface area contributed by atoms with E-state index in [-0.39, 0.29) is 11.1 Å². The molecule has 0 atom stereocenters. The highest BCUT2D eigenvalue weighted by molar-refractivity contribution is 5.85. The van der Waals surface area contributed by atoms with Crippen molar-refractivity contribution in [1.29, 1.82) is 0 Å². The molecule has 0 radical (unpaired) electrons. The van der Waals surface area contributed by atoms with Crippen LogP contribution in [0.1, 0.15) is 13.8 Å². The summed E-state index contributed by atoms with van der Waals surface area (Å²) in [6.45, 7) is 11.9. The lowest BCUT2D eigenvalue weighted by atomic mass is 10.4. The van der Waals surface area contributed by atoms with E-state index >= 15 is 0 Å². The van der Waals surface area contributed by atoms with E-state index in [9.17, 15) is 9.59 Å². The van der Waals surface area contributed by atoms with Gasteiger partial charge < -0.3 is 20.4 Å². The first-order valence-corrected chi connectivity index (χ1v) is 3.86. The van der Waals surface area contributed by atoms with Crippen LogP contribution in [0.4, 0.5) is 0 Å². The zero-order chi connectivity index (χ0) is 13.9. The van der Waals surface area contributed by atoms with Gasteiger partial charge in [0, 0.05) is 11.1 Å². The van der Waals surface area contributed by atoms with Gasteiger partial charge in [0.15, 0.2) is 0 Å². The molecule has 0 saturated heterocycles. The number of aliphatic carboxylic acids is 2. The van der Waals surface area contributed by atoms with Crippen LogP contribution >= 0.6 is 0 Å². The molecular weight excluding hydrogens is 216 g/mol. The van der Waals surface area contributed by atoms with Gasteiger partial charge in [0.1, 0.15) is 0 Å². The summed E-state index contributed by atoms with van der Waals surface area (Å²) in [6, 6.07) is 0. The van der Waals surface area contributed by atoms with Crippen LogP contribution in [0, 0.1) is 0 Å². The molecule has 0 unspecified atom stereocenters. The standard InChI is InChI=1S/2C4H6O2.C2H4O2/c2*1-3(2)4(5)6;1-2(3)4/h2*1H2,2H3,(H,5,6);3-4H,1H2. The summed E-state index contributed by atoms with van der Waals surface area (Å²) in [5.41, 5.74) is 0.352. The Balaban J connectivity index is -0.000000162. The van der Waals surface area contributed by atoms with Gasteiger partial charge in [0.25, 0.3) is 5.95 Å². The molecule has 0 spiro atoms. The van der Waals surface area contributed by atoms with Crippen LogP contribution < -0.4 is 0 Å². The SMILES string of the molecule is C=C(C)C(=O)O.C=C(C)C(=O)O.C=C(O)O. The average Bonchev–Trinajstić information content (AvgIpc) is 2.03. The molecule has 0 fully saturated rings. The third-order valence-electron chi connectivity index (χ3n) is 0.730. The van der Waals surface area contributed by atoms with E-state index in [1.807, 2.05) is 0 Å². The molecule has 0 saturated carbocycles. The van der Waals surface area contributed by atoms with Crippen molar-refractivity contribution in [2.24, 2.45) is 0 Å². The zero-order valence-electron chi connectivity index (χ0n) is 9.23. The molecule has 0 amide bonds. The van der Waals surface area contributed by atoms with Crippen LogP contribution in [0.2, 0.25) is 0 Å². The molecule has 92 valence electrons. The van der Waals surface area contributed by atoms with Crippen LogP contribution in [0.25, 0.3) is 0 Å². The van der Waals surface area contributed by atoms with Gasteiger partial charge >= 0.3 is 11.9 Å². The quantitative estimate of drug-likeness (QED) is 0.426. The van der Waals surface area contributed by atoms with Crippen LogP contribution in [0.15, 0.2) is 36.8 Å². The minimum atomic E-state index is -0.935. The van der Waals surface area contributed by atoms with E-state index in [0.29, 0.717) is 0 Å². The van der Waals surface area contributed by atoms with Gasteiger partial charge in [-0.15, -0.1) is 0 Å². The Labute approximate surface area is 93.5 Å². The second kappa shape index (κ2) is 10.8. The number of rotatable bonds is 2. The van der Waals surface area contributed by atoms with Gasteiger partial charge in [0.05, 0.1) is 0 Å². The first kappa shape index (κ1) is 19.4. The lowest BCUT2D eigenvalue weighted by molar-refractivity contribution is -0.133. The van der Waals surface area contributed by atoms with Crippen molar-refractivity contribution in [1.82, 2.24) is 0 Å². The maximum atomic E-state index is 9.60. The van der Waals surface area contributed by atoms with Crippen molar-refractivity contribution >= 4 is 11.9 Å². The number of aliphatic hydroxyl groups is 2. The predicted octanol–water partition coefficient (Wildman–Crippen LogP) is 1.87. The van der Waals surface area contributed by atoms with Crippen molar-refractivity contribution in [3.05, 3.63) is 36.8 Å². The van der Waals surface area contributed by atoms with Crippen molar-refractivity contribution < 1.29 is 30.0 Å². The summed E-state index contributed by atoms with van der Waals surface area (Å²) >= 11 is 0. The number of carbonyl (C=O) groups is 2. The Kier molecular flexibility index (Phi) is 13.1. The summed E-state index contributed by atoms with van der Waals surface area (Å²) < 4.78 is 0. The van der Waals surface area contributed by atoms with Crippen molar-refractivity contribution in [3.8, 4) is 0 Å². The summed E-state index contributed by atoms with van der Waals surface area (Å²) in [5.74, 6) is -2.70. The first-order chi connectivity index (χ1) is 7.02. The highest BCUT2D eigenvalue weighted by atomic mass is 16.5. The molecule has 0 aromatic rings. The fraction of sp³-hybridized carbons (Fsp3) is 0.200. The molecule has 0 rings (SSSR count). The highest BCUT2D eigenvalue weighted by Crippen LogP contribution is 1.81. The third kappa shape index (κ3) is 41.0. The molecule has 0 aliphatic rings. The molecular formula is C10H16O6. The maximum Gasteiger partial charge on any atom is 0.330 e. The van der Waals surface area contributed by atoms with Crippen molar-refractivity contribution in [3.63, 3.8) is 0 Å². The Bertz CT molecular complexity index is 238. The smallest absolute Gasteiger partial charge is 0.330 e. The molecule has 6 heteroatoms. The lowest BCUT2D eigenvalue weighted by Gasteiger charge is -1.79. The largest absolute Gasteiger partial charge is 0.482 e. The molecule has 0 aliphatic heterocycles. The summed E-state index contributed by atoms with van der Waals surface area (Å²) in [6.07, 6.45) is 0. The van der Waals surface area contributed by atoms with E-state index in [0.717, 1.165) is 0 Å². The van der Waals surface area contributed by atoms with Gasteiger partial charge in [-0.2, -0.15) is 0 Å².